The smallest absolute Gasteiger partial charge is 0.604 e. The van der Waals surface area contributed by atoms with E-state index in [1.807, 2.05) is 0 Å². The maximum absolute atomic E-state index is 8.63. The molecular formula is H5AlO3Si. The molecule has 1 N–H and O–H groups in total. The van der Waals surface area contributed by atoms with Crippen LogP contribution in [0.3, 0.4) is 0 Å². The molecule has 0 radical (unpaired) electrons. The van der Waals surface area contributed by atoms with Crippen LogP contribution in [-0.4, -0.2) is 31.3 Å². The molecule has 0 aromatic heterocycles. The van der Waals surface area contributed by atoms with Crippen molar-refractivity contribution in [1.82, 2.24) is 0 Å². The van der Waals surface area contributed by atoms with Gasteiger partial charge in [-0.1, -0.05) is 0 Å². The summed E-state index contributed by atoms with van der Waals surface area (Å²) in [6.07, 6.45) is 0. The number of hydrogen-bond acceptors (Lipinski definition) is 2. The Morgan fingerprint density at radius 2 is 2.00 bits per heavy atom. The highest BCUT2D eigenvalue weighted by Gasteiger charge is 1.59. The molecule has 5 heteroatoms. The van der Waals surface area contributed by atoms with Gasteiger partial charge in [0.1, 0.15) is 0 Å². The quantitative estimate of drug-likeness (QED) is 0.330. The van der Waals surface area contributed by atoms with Crippen LogP contribution < -0.4 is 4.80 Å². The molecule has 0 amide bonds. The molecule has 0 aromatic carbocycles. The van der Waals surface area contributed by atoms with Crippen molar-refractivity contribution >= 4 is 26.5 Å². The van der Waals surface area contributed by atoms with Gasteiger partial charge in [-0.3, -0.25) is 0 Å². The van der Waals surface area contributed by atoms with E-state index >= 15 is 0 Å². The Hall–Kier alpha value is 0.149. The average molecular weight is 108 g/mol. The lowest BCUT2D eigenvalue weighted by Crippen LogP contribution is -2.17. The SMILES string of the molecule is O=[Si]([O-])O.[AlH3].[H+]. The zero-order valence-corrected chi connectivity index (χ0v) is 2.76. The molecule has 3 nitrogen and oxygen atoms in total. The second-order valence-electron chi connectivity index (χ2n) is 0.266. The Balaban J connectivity index is -0.0000000450. The summed E-state index contributed by atoms with van der Waals surface area (Å²) >= 11 is 0. The third-order valence-electron chi connectivity index (χ3n) is 0. The summed E-state index contributed by atoms with van der Waals surface area (Å²) in [5.74, 6) is 0. The topological polar surface area (TPSA) is 60.4 Å². The fourth-order valence-corrected chi connectivity index (χ4v) is 0. The summed E-state index contributed by atoms with van der Waals surface area (Å²) in [6, 6.07) is 0. The van der Waals surface area contributed by atoms with Gasteiger partial charge in [0.05, 0.1) is 0 Å². The molecule has 0 fully saturated rings. The van der Waals surface area contributed by atoms with E-state index in [2.05, 4.69) is 0 Å². The second kappa shape index (κ2) is 4.15. The molecule has 0 spiro atoms. The monoisotopic (exact) mass is 108 g/mol. The van der Waals surface area contributed by atoms with E-state index in [9.17, 15) is 0 Å². The number of rotatable bonds is 0. The fraction of sp³-hybridized carbons (Fsp3) is 0. The minimum atomic E-state index is -3.38. The third-order valence-corrected chi connectivity index (χ3v) is 0. The van der Waals surface area contributed by atoms with Crippen LogP contribution in [0.25, 0.3) is 0 Å². The zero-order chi connectivity index (χ0) is 3.58. The minimum Gasteiger partial charge on any atom is -0.604 e. The second-order valence-corrected chi connectivity index (χ2v) is 0.798. The summed E-state index contributed by atoms with van der Waals surface area (Å²) in [5, 5.41) is 0. The normalized spacial score (nSPS) is 4.80. The average Bonchev–Trinajstić information content (AvgIpc) is 0.811. The standard InChI is InChI=1S/Al.HO3Si.3H/c;1-4(2)3;;;/h;1H;;;/q;-1;;;/p+1. The van der Waals surface area contributed by atoms with Gasteiger partial charge in [-0.15, -0.1) is 0 Å². The molecule has 0 bridgehead atoms. The van der Waals surface area contributed by atoms with E-state index in [0.29, 0.717) is 0 Å². The number of hydrogen-bond donors (Lipinski definition) is 1. The summed E-state index contributed by atoms with van der Waals surface area (Å²) in [6.45, 7) is 0. The molecule has 0 atom stereocenters. The van der Waals surface area contributed by atoms with Crippen molar-refractivity contribution < 1.29 is 15.5 Å². The third kappa shape index (κ3) is 859. The van der Waals surface area contributed by atoms with Gasteiger partial charge in [0, 0.05) is 0 Å². The lowest BCUT2D eigenvalue weighted by atomic mass is 15.8. The van der Waals surface area contributed by atoms with Gasteiger partial charge in [-0.25, -0.2) is 0 Å². The van der Waals surface area contributed by atoms with Gasteiger partial charge in [0.15, 0.2) is 17.4 Å². The van der Waals surface area contributed by atoms with Crippen molar-refractivity contribution in [2.45, 2.75) is 0 Å². The Bertz CT molecular complexity index is 33.8. The van der Waals surface area contributed by atoms with Gasteiger partial charge >= 0.3 is 10.6 Å². The van der Waals surface area contributed by atoms with Gasteiger partial charge in [0.25, 0.3) is 0 Å². The summed E-state index contributed by atoms with van der Waals surface area (Å²) in [4.78, 5) is 15.7. The van der Waals surface area contributed by atoms with Gasteiger partial charge < -0.3 is 14.1 Å². The highest BCUT2D eigenvalue weighted by atomic mass is 28.3. The van der Waals surface area contributed by atoms with E-state index in [4.69, 9.17) is 14.1 Å². The molecule has 30 valence electrons. The Labute approximate surface area is 42.8 Å². The van der Waals surface area contributed by atoms with E-state index in [-0.39, 0.29) is 18.8 Å². The molecule has 5 heavy (non-hydrogen) atoms. The zero-order valence-electron chi connectivity index (χ0n) is 2.76. The van der Waals surface area contributed by atoms with Crippen molar-refractivity contribution in [2.75, 3.05) is 0 Å². The highest BCUT2D eigenvalue weighted by molar-refractivity contribution is 6.19. The summed E-state index contributed by atoms with van der Waals surface area (Å²) in [7, 11) is -3.38. The van der Waals surface area contributed by atoms with Crippen molar-refractivity contribution in [3.05, 3.63) is 0 Å². The molecule has 0 aliphatic rings. The van der Waals surface area contributed by atoms with Crippen molar-refractivity contribution in [1.29, 1.82) is 0 Å². The Morgan fingerprint density at radius 3 is 2.00 bits per heavy atom. The van der Waals surface area contributed by atoms with Crippen LogP contribution in [-0.2, 0) is 4.46 Å². The Kier molecular flexibility index (Phi) is 7.42. The van der Waals surface area contributed by atoms with Crippen LogP contribution in [0.15, 0.2) is 0 Å². The van der Waals surface area contributed by atoms with Crippen LogP contribution in [0, 0.1) is 0 Å². The van der Waals surface area contributed by atoms with E-state index < -0.39 is 9.17 Å². The molecule has 0 saturated heterocycles. The van der Waals surface area contributed by atoms with Crippen molar-refractivity contribution in [3.63, 3.8) is 0 Å². The first-order valence-corrected chi connectivity index (χ1v) is 1.90. The maximum atomic E-state index is 8.63. The molecule has 0 rings (SSSR count). The first-order valence-electron chi connectivity index (χ1n) is 0.632. The minimum absolute atomic E-state index is 0. The van der Waals surface area contributed by atoms with E-state index in [1.165, 1.54) is 0 Å². The first kappa shape index (κ1) is 8.94. The van der Waals surface area contributed by atoms with Crippen LogP contribution >= 0.6 is 0 Å². The van der Waals surface area contributed by atoms with E-state index in [1.54, 1.807) is 0 Å². The van der Waals surface area contributed by atoms with Gasteiger partial charge in [-0.05, 0) is 0 Å². The van der Waals surface area contributed by atoms with Crippen LogP contribution in [0.5, 0.6) is 0 Å². The summed E-state index contributed by atoms with van der Waals surface area (Å²) < 4.78 is 8.63. The molecular weight excluding hydrogens is 103 g/mol. The largest absolute Gasteiger partial charge is 1.00 e. The maximum Gasteiger partial charge on any atom is 1.00 e. The van der Waals surface area contributed by atoms with Crippen molar-refractivity contribution in [2.24, 2.45) is 0 Å². The molecule has 0 heterocycles. The van der Waals surface area contributed by atoms with Gasteiger partial charge in [-0.2, -0.15) is 0 Å². The van der Waals surface area contributed by atoms with Crippen molar-refractivity contribution in [3.8, 4) is 0 Å². The molecule has 0 saturated carbocycles. The lowest BCUT2D eigenvalue weighted by Gasteiger charge is -1.71. The highest BCUT2D eigenvalue weighted by Crippen LogP contribution is 1.14. The molecule has 0 aliphatic carbocycles. The van der Waals surface area contributed by atoms with E-state index in [0.717, 1.165) is 0 Å². The molecule has 0 unspecified atom stereocenters. The fourth-order valence-electron chi connectivity index (χ4n) is 0. The van der Waals surface area contributed by atoms with Crippen LogP contribution in [0.1, 0.15) is 1.43 Å². The lowest BCUT2D eigenvalue weighted by molar-refractivity contribution is -0.223. The predicted molar refractivity (Wildman–Crippen MR) is 19.7 cm³/mol. The first-order chi connectivity index (χ1) is 1.73. The Morgan fingerprint density at radius 1 is 2.00 bits per heavy atom. The van der Waals surface area contributed by atoms with Gasteiger partial charge in [0.2, 0.25) is 0 Å². The van der Waals surface area contributed by atoms with Crippen LogP contribution in [0.2, 0.25) is 0 Å². The predicted octanol–water partition coefficient (Wildman–Crippen LogP) is -3.32. The van der Waals surface area contributed by atoms with Crippen LogP contribution in [0.4, 0.5) is 0 Å². The summed E-state index contributed by atoms with van der Waals surface area (Å²) in [5.41, 5.74) is 0. The molecule has 0 aromatic rings. The molecule has 0 aliphatic heterocycles.